The summed E-state index contributed by atoms with van der Waals surface area (Å²) >= 11 is 1.16. The minimum absolute atomic E-state index is 0.280. The largest absolute Gasteiger partial charge is 0.398 e. The first-order valence-electron chi connectivity index (χ1n) is 5.63. The number of primary amides is 1. The number of carbonyl (C=O) groups is 2. The molecule has 0 spiro atoms. The van der Waals surface area contributed by atoms with Gasteiger partial charge in [-0.15, -0.1) is 11.3 Å². The molecule has 2 unspecified atom stereocenters. The summed E-state index contributed by atoms with van der Waals surface area (Å²) in [7, 11) is 0. The van der Waals surface area contributed by atoms with Gasteiger partial charge in [0.1, 0.15) is 0 Å². The molecule has 1 aromatic heterocycles. The number of hydrogen-bond acceptors (Lipinski definition) is 6. The first-order valence-corrected chi connectivity index (χ1v) is 6.44. The number of ketones is 1. The van der Waals surface area contributed by atoms with Crippen molar-refractivity contribution in [1.82, 2.24) is 0 Å². The van der Waals surface area contributed by atoms with E-state index in [-0.39, 0.29) is 10.7 Å². The van der Waals surface area contributed by atoms with E-state index >= 15 is 0 Å². The molecule has 6 nitrogen and oxygen atoms in total. The average molecular weight is 276 g/mol. The maximum Gasteiger partial charge on any atom is 0.259 e. The molecule has 7 heteroatoms. The van der Waals surface area contributed by atoms with Crippen LogP contribution in [-0.2, 0) is 4.79 Å². The van der Waals surface area contributed by atoms with Gasteiger partial charge in [-0.05, 0) is 11.6 Å². The molecular formula is C12H12N4O2S. The number of rotatable bonds is 1. The second-order valence-electron chi connectivity index (χ2n) is 4.51. The quantitative estimate of drug-likeness (QED) is 0.550. The van der Waals surface area contributed by atoms with Crippen molar-refractivity contribution in [1.29, 1.82) is 0 Å². The number of carbonyl (C=O) groups excluding carboxylic acids is 2. The summed E-state index contributed by atoms with van der Waals surface area (Å²) in [6.07, 6.45) is 0. The van der Waals surface area contributed by atoms with Gasteiger partial charge in [-0.2, -0.15) is 0 Å². The van der Waals surface area contributed by atoms with Crippen LogP contribution in [0.25, 0.3) is 10.1 Å². The van der Waals surface area contributed by atoms with Crippen molar-refractivity contribution in [3.05, 3.63) is 28.1 Å². The fraction of sp³-hybridized carbons (Fsp3) is 0.167. The summed E-state index contributed by atoms with van der Waals surface area (Å²) in [5, 5.41) is 0.707. The Morgan fingerprint density at radius 2 is 1.89 bits per heavy atom. The summed E-state index contributed by atoms with van der Waals surface area (Å²) in [5.74, 6) is -0.931. The van der Waals surface area contributed by atoms with E-state index in [1.807, 2.05) is 0 Å². The number of anilines is 1. The van der Waals surface area contributed by atoms with E-state index in [1.54, 1.807) is 12.1 Å². The highest BCUT2D eigenvalue weighted by Gasteiger charge is 2.37. The molecule has 8 N–H and O–H groups in total. The molecule has 1 amide bonds. The lowest BCUT2D eigenvalue weighted by atomic mass is 9.84. The third-order valence-electron chi connectivity index (χ3n) is 3.42. The highest BCUT2D eigenvalue weighted by atomic mass is 32.1. The summed E-state index contributed by atoms with van der Waals surface area (Å²) < 4.78 is 0.708. The fourth-order valence-corrected chi connectivity index (χ4v) is 3.66. The molecule has 3 rings (SSSR count). The predicted molar refractivity (Wildman–Crippen MR) is 73.6 cm³/mol. The number of nitrogens with two attached hydrogens (primary N) is 4. The minimum atomic E-state index is -0.930. The molecule has 0 aliphatic heterocycles. The third kappa shape index (κ3) is 1.43. The smallest absolute Gasteiger partial charge is 0.259 e. The average Bonchev–Trinajstić information content (AvgIpc) is 2.77. The second-order valence-corrected chi connectivity index (χ2v) is 5.54. The number of amides is 1. The van der Waals surface area contributed by atoms with Crippen LogP contribution < -0.4 is 22.9 Å². The van der Waals surface area contributed by atoms with Gasteiger partial charge in [0.25, 0.3) is 5.91 Å². The van der Waals surface area contributed by atoms with E-state index in [2.05, 4.69) is 0 Å². The first kappa shape index (κ1) is 12.1. The van der Waals surface area contributed by atoms with Gasteiger partial charge in [0.15, 0.2) is 5.78 Å². The van der Waals surface area contributed by atoms with Crippen molar-refractivity contribution in [3.63, 3.8) is 0 Å². The highest BCUT2D eigenvalue weighted by Crippen LogP contribution is 2.45. The zero-order valence-electron chi connectivity index (χ0n) is 9.84. The van der Waals surface area contributed by atoms with Crippen LogP contribution in [0.3, 0.4) is 0 Å². The molecule has 0 radical (unpaired) electrons. The number of hydrogen-bond donors (Lipinski definition) is 4. The van der Waals surface area contributed by atoms with Crippen LogP contribution >= 0.6 is 11.3 Å². The lowest BCUT2D eigenvalue weighted by Crippen LogP contribution is -2.35. The Balaban J connectivity index is 2.51. The Bertz CT molecular complexity index is 737. The van der Waals surface area contributed by atoms with Gasteiger partial charge in [0.05, 0.1) is 21.7 Å². The molecule has 1 aliphatic carbocycles. The van der Waals surface area contributed by atoms with E-state index in [4.69, 9.17) is 22.9 Å². The Hall–Kier alpha value is -1.96. The minimum Gasteiger partial charge on any atom is -0.398 e. The predicted octanol–water partition coefficient (Wildman–Crippen LogP) is 0.165. The van der Waals surface area contributed by atoms with Crippen LogP contribution in [0.4, 0.5) is 5.69 Å². The summed E-state index contributed by atoms with van der Waals surface area (Å²) in [4.78, 5) is 23.9. The first-order chi connectivity index (χ1) is 8.93. The molecule has 1 aliphatic rings. The van der Waals surface area contributed by atoms with Crippen molar-refractivity contribution >= 4 is 38.8 Å². The van der Waals surface area contributed by atoms with Crippen molar-refractivity contribution in [2.75, 3.05) is 5.73 Å². The van der Waals surface area contributed by atoms with Crippen LogP contribution in [0.2, 0.25) is 0 Å². The molecule has 98 valence electrons. The summed E-state index contributed by atoms with van der Waals surface area (Å²) in [5.41, 5.74) is 24.7. The van der Waals surface area contributed by atoms with Gasteiger partial charge in [0, 0.05) is 16.6 Å². The van der Waals surface area contributed by atoms with Crippen LogP contribution in [0.15, 0.2) is 12.1 Å². The van der Waals surface area contributed by atoms with Crippen molar-refractivity contribution in [2.45, 2.75) is 12.1 Å². The van der Waals surface area contributed by atoms with Gasteiger partial charge >= 0.3 is 0 Å². The molecule has 2 atom stereocenters. The van der Waals surface area contributed by atoms with Crippen molar-refractivity contribution < 1.29 is 9.59 Å². The van der Waals surface area contributed by atoms with Gasteiger partial charge in [0.2, 0.25) is 0 Å². The number of nitrogen functional groups attached to an aromatic ring is 1. The molecule has 2 aromatic rings. The topological polar surface area (TPSA) is 138 Å². The standard InChI is InChI=1S/C12H12N4O2S/c13-4-2-1-3-5-6(8(15)9(17)7(3)14)11(12(16)18)19-10(4)5/h1-2,7-8H,13-15H2,(H2,16,18). The third-order valence-corrected chi connectivity index (χ3v) is 4.69. The molecule has 19 heavy (non-hydrogen) atoms. The molecule has 1 heterocycles. The van der Waals surface area contributed by atoms with E-state index in [0.29, 0.717) is 26.9 Å². The number of benzene rings is 1. The van der Waals surface area contributed by atoms with Gasteiger partial charge < -0.3 is 22.9 Å². The summed E-state index contributed by atoms with van der Waals surface area (Å²) in [6, 6.07) is 1.65. The molecule has 1 aromatic carbocycles. The van der Waals surface area contributed by atoms with Crippen LogP contribution in [0.1, 0.15) is 32.9 Å². The molecular weight excluding hydrogens is 264 g/mol. The second kappa shape index (κ2) is 3.77. The Labute approximate surface area is 112 Å². The van der Waals surface area contributed by atoms with E-state index in [1.165, 1.54) is 0 Å². The lowest BCUT2D eigenvalue weighted by molar-refractivity contribution is -0.121. The fourth-order valence-electron chi connectivity index (χ4n) is 2.50. The van der Waals surface area contributed by atoms with Gasteiger partial charge in [-0.25, -0.2) is 0 Å². The molecule has 0 fully saturated rings. The van der Waals surface area contributed by atoms with Crippen LogP contribution in [0.5, 0.6) is 0 Å². The Morgan fingerprint density at radius 3 is 2.53 bits per heavy atom. The van der Waals surface area contributed by atoms with Gasteiger partial charge in [-0.1, -0.05) is 6.07 Å². The monoisotopic (exact) mass is 276 g/mol. The van der Waals surface area contributed by atoms with E-state index in [9.17, 15) is 9.59 Å². The lowest BCUT2D eigenvalue weighted by Gasteiger charge is -2.24. The number of thiophene rings is 1. The Kier molecular flexibility index (Phi) is 2.40. The van der Waals surface area contributed by atoms with E-state index < -0.39 is 18.0 Å². The van der Waals surface area contributed by atoms with Crippen molar-refractivity contribution in [2.24, 2.45) is 17.2 Å². The maximum absolute atomic E-state index is 12.1. The molecule has 0 saturated carbocycles. The normalized spacial score (nSPS) is 21.9. The summed E-state index contributed by atoms with van der Waals surface area (Å²) in [6.45, 7) is 0. The van der Waals surface area contributed by atoms with E-state index in [0.717, 1.165) is 11.3 Å². The number of Topliss-reactive ketones (excluding diaryl/α,β-unsaturated/α-hetero) is 1. The zero-order chi connectivity index (χ0) is 13.9. The molecule has 0 bridgehead atoms. The van der Waals surface area contributed by atoms with Crippen molar-refractivity contribution in [3.8, 4) is 0 Å². The maximum atomic E-state index is 12.1. The molecule has 0 saturated heterocycles. The van der Waals surface area contributed by atoms with Gasteiger partial charge in [-0.3, -0.25) is 9.59 Å². The van der Waals surface area contributed by atoms with Crippen LogP contribution in [0, 0.1) is 0 Å². The Morgan fingerprint density at radius 1 is 1.21 bits per heavy atom. The zero-order valence-corrected chi connectivity index (χ0v) is 10.7. The SMILES string of the molecule is NC(=O)c1sc2c(N)ccc3c2c1C(N)C(=O)C3N. The van der Waals surface area contributed by atoms with Crippen LogP contribution in [-0.4, -0.2) is 11.7 Å². The highest BCUT2D eigenvalue weighted by molar-refractivity contribution is 7.21.